The molecule has 2 rings (SSSR count). The first-order valence-electron chi connectivity index (χ1n) is 7.33. The zero-order valence-corrected chi connectivity index (χ0v) is 13.4. The fraction of sp³-hybridized carbons (Fsp3) is 0.353. The molecule has 3 N–H and O–H groups in total. The number of ether oxygens (including phenoxy) is 1. The predicted octanol–water partition coefficient (Wildman–Crippen LogP) is 3.61. The zero-order chi connectivity index (χ0) is 17.0. The van der Waals surface area contributed by atoms with Crippen LogP contribution in [0.15, 0.2) is 40.8 Å². The summed E-state index contributed by atoms with van der Waals surface area (Å²) in [5.41, 5.74) is 6.19. The molecule has 23 heavy (non-hydrogen) atoms. The summed E-state index contributed by atoms with van der Waals surface area (Å²) in [4.78, 5) is 11.6. The smallest absolute Gasteiger partial charge is 0.407 e. The normalized spacial score (nSPS) is 12.7. The second kappa shape index (κ2) is 6.83. The molecular weight excluding hydrogens is 299 g/mol. The van der Waals surface area contributed by atoms with Crippen molar-refractivity contribution in [2.75, 3.05) is 6.54 Å². The van der Waals surface area contributed by atoms with E-state index >= 15 is 0 Å². The van der Waals surface area contributed by atoms with Gasteiger partial charge in [0.25, 0.3) is 0 Å². The van der Waals surface area contributed by atoms with Gasteiger partial charge in [-0.25, -0.2) is 9.18 Å². The molecule has 0 aliphatic heterocycles. The highest BCUT2D eigenvalue weighted by atomic mass is 19.1. The van der Waals surface area contributed by atoms with Crippen molar-refractivity contribution in [3.05, 3.63) is 48.0 Å². The van der Waals surface area contributed by atoms with Crippen molar-refractivity contribution in [3.8, 4) is 11.3 Å². The van der Waals surface area contributed by atoms with Crippen molar-refractivity contribution < 1.29 is 18.3 Å². The Kier molecular flexibility index (Phi) is 5.05. The number of halogens is 1. The lowest BCUT2D eigenvalue weighted by atomic mass is 10.2. The van der Waals surface area contributed by atoms with E-state index in [0.717, 1.165) is 5.56 Å². The number of benzene rings is 1. The lowest BCUT2D eigenvalue weighted by Crippen LogP contribution is -2.36. The third kappa shape index (κ3) is 5.10. The van der Waals surface area contributed by atoms with E-state index in [1.807, 2.05) is 0 Å². The largest absolute Gasteiger partial charge is 0.459 e. The number of nitrogens with one attached hydrogen (secondary N) is 1. The molecule has 1 heterocycles. The third-order valence-electron chi connectivity index (χ3n) is 2.99. The summed E-state index contributed by atoms with van der Waals surface area (Å²) < 4.78 is 23.7. The van der Waals surface area contributed by atoms with Gasteiger partial charge in [0.15, 0.2) is 0 Å². The monoisotopic (exact) mass is 320 g/mol. The predicted molar refractivity (Wildman–Crippen MR) is 85.3 cm³/mol. The van der Waals surface area contributed by atoms with Crippen molar-refractivity contribution >= 4 is 6.09 Å². The minimum atomic E-state index is -0.561. The highest BCUT2D eigenvalue weighted by Gasteiger charge is 2.18. The Bertz CT molecular complexity index is 659. The number of hydrogen-bond donors (Lipinski definition) is 2. The lowest BCUT2D eigenvalue weighted by molar-refractivity contribution is 0.0523. The fourth-order valence-corrected chi connectivity index (χ4v) is 1.93. The van der Waals surface area contributed by atoms with Crippen molar-refractivity contribution in [1.29, 1.82) is 0 Å². The summed E-state index contributed by atoms with van der Waals surface area (Å²) in [7, 11) is 0. The van der Waals surface area contributed by atoms with Crippen molar-refractivity contribution in [2.24, 2.45) is 5.73 Å². The summed E-state index contributed by atoms with van der Waals surface area (Å²) in [6.45, 7) is 5.54. The van der Waals surface area contributed by atoms with Crippen LogP contribution in [0.1, 0.15) is 32.6 Å². The summed E-state index contributed by atoms with van der Waals surface area (Å²) in [6.07, 6.45) is -0.529. The Morgan fingerprint density at radius 1 is 1.26 bits per heavy atom. The molecular formula is C17H21FN2O3. The number of rotatable bonds is 4. The van der Waals surface area contributed by atoms with Gasteiger partial charge >= 0.3 is 6.09 Å². The van der Waals surface area contributed by atoms with Gasteiger partial charge in [0.1, 0.15) is 22.9 Å². The summed E-state index contributed by atoms with van der Waals surface area (Å²) in [6, 6.07) is 8.97. The molecule has 0 aliphatic carbocycles. The van der Waals surface area contributed by atoms with Gasteiger partial charge in [0.05, 0.1) is 6.04 Å². The molecule has 0 radical (unpaired) electrons. The molecule has 0 fully saturated rings. The number of amides is 1. The van der Waals surface area contributed by atoms with Gasteiger partial charge in [-0.2, -0.15) is 0 Å². The van der Waals surface area contributed by atoms with Crippen LogP contribution in [0.5, 0.6) is 0 Å². The second-order valence-corrected chi connectivity index (χ2v) is 6.20. The Labute approximate surface area is 134 Å². The maximum atomic E-state index is 12.9. The van der Waals surface area contributed by atoms with Crippen LogP contribution in [0, 0.1) is 5.82 Å². The quantitative estimate of drug-likeness (QED) is 0.902. The fourth-order valence-electron chi connectivity index (χ4n) is 1.93. The van der Waals surface area contributed by atoms with E-state index < -0.39 is 17.7 Å². The van der Waals surface area contributed by atoms with Crippen molar-refractivity contribution in [1.82, 2.24) is 5.32 Å². The molecule has 2 aromatic rings. The van der Waals surface area contributed by atoms with Gasteiger partial charge in [0, 0.05) is 12.1 Å². The van der Waals surface area contributed by atoms with Gasteiger partial charge in [-0.3, -0.25) is 0 Å². The third-order valence-corrected chi connectivity index (χ3v) is 2.99. The molecule has 124 valence electrons. The standard InChI is InChI=1S/C17H21FN2O3/c1-17(2,3)23-16(21)20-10-13(19)15-9-8-14(22-15)11-4-6-12(18)7-5-11/h4-9,13H,10,19H2,1-3H3,(H,20,21). The van der Waals surface area contributed by atoms with E-state index in [9.17, 15) is 9.18 Å². The number of carbonyl (C=O) groups excluding carboxylic acids is 1. The number of nitrogens with two attached hydrogens (primary N) is 1. The highest BCUT2D eigenvalue weighted by Crippen LogP contribution is 2.24. The van der Waals surface area contributed by atoms with Gasteiger partial charge in [0.2, 0.25) is 0 Å². The van der Waals surface area contributed by atoms with Gasteiger partial charge < -0.3 is 20.2 Å². The number of hydrogen-bond acceptors (Lipinski definition) is 4. The van der Waals surface area contributed by atoms with E-state index in [2.05, 4.69) is 5.32 Å². The molecule has 1 aromatic carbocycles. The molecule has 6 heteroatoms. The zero-order valence-electron chi connectivity index (χ0n) is 13.4. The first-order valence-corrected chi connectivity index (χ1v) is 7.33. The minimum absolute atomic E-state index is 0.186. The van der Waals surface area contributed by atoms with Crippen molar-refractivity contribution in [2.45, 2.75) is 32.4 Å². The first kappa shape index (κ1) is 17.0. The number of carbonyl (C=O) groups is 1. The van der Waals surface area contributed by atoms with E-state index in [1.54, 1.807) is 45.0 Å². The van der Waals surface area contributed by atoms with E-state index in [0.29, 0.717) is 11.5 Å². The molecule has 0 aliphatic rings. The van der Waals surface area contributed by atoms with Gasteiger partial charge in [-0.1, -0.05) is 0 Å². The van der Waals surface area contributed by atoms with Crippen LogP contribution in [0.4, 0.5) is 9.18 Å². The van der Waals surface area contributed by atoms with Crippen LogP contribution in [-0.4, -0.2) is 18.2 Å². The topological polar surface area (TPSA) is 77.5 Å². The van der Waals surface area contributed by atoms with Crippen molar-refractivity contribution in [3.63, 3.8) is 0 Å². The molecule has 0 bridgehead atoms. The number of alkyl carbamates (subject to hydrolysis) is 1. The summed E-state index contributed by atoms with van der Waals surface area (Å²) in [5.74, 6) is 0.812. The molecule has 1 unspecified atom stereocenters. The molecule has 1 amide bonds. The molecule has 1 atom stereocenters. The van der Waals surface area contributed by atoms with Crippen LogP contribution in [0.2, 0.25) is 0 Å². The Morgan fingerprint density at radius 3 is 2.52 bits per heavy atom. The van der Waals surface area contributed by atoms with Crippen LogP contribution >= 0.6 is 0 Å². The van der Waals surface area contributed by atoms with E-state index in [4.69, 9.17) is 14.9 Å². The van der Waals surface area contributed by atoms with Crippen LogP contribution in [-0.2, 0) is 4.74 Å². The Hall–Kier alpha value is -2.34. The first-order chi connectivity index (χ1) is 10.7. The van der Waals surface area contributed by atoms with Gasteiger partial charge in [-0.05, 0) is 57.2 Å². The highest BCUT2D eigenvalue weighted by molar-refractivity contribution is 5.67. The molecule has 0 spiro atoms. The lowest BCUT2D eigenvalue weighted by Gasteiger charge is -2.20. The molecule has 5 nitrogen and oxygen atoms in total. The van der Waals surface area contributed by atoms with Crippen LogP contribution in [0.25, 0.3) is 11.3 Å². The maximum absolute atomic E-state index is 12.9. The Balaban J connectivity index is 1.94. The molecule has 0 saturated carbocycles. The second-order valence-electron chi connectivity index (χ2n) is 6.20. The Morgan fingerprint density at radius 2 is 1.91 bits per heavy atom. The van der Waals surface area contributed by atoms with E-state index in [-0.39, 0.29) is 12.4 Å². The maximum Gasteiger partial charge on any atom is 0.407 e. The van der Waals surface area contributed by atoms with Crippen LogP contribution < -0.4 is 11.1 Å². The van der Waals surface area contributed by atoms with Crippen LogP contribution in [0.3, 0.4) is 0 Å². The summed E-state index contributed by atoms with van der Waals surface area (Å²) in [5, 5.41) is 2.60. The van der Waals surface area contributed by atoms with Gasteiger partial charge in [-0.15, -0.1) is 0 Å². The van der Waals surface area contributed by atoms with E-state index in [1.165, 1.54) is 12.1 Å². The average Bonchev–Trinajstić information content (AvgIpc) is 2.93. The summed E-state index contributed by atoms with van der Waals surface area (Å²) >= 11 is 0. The molecule has 0 saturated heterocycles. The molecule has 1 aromatic heterocycles. The SMILES string of the molecule is CC(C)(C)OC(=O)NCC(N)c1ccc(-c2ccc(F)cc2)o1. The minimum Gasteiger partial charge on any atom is -0.459 e. The number of furan rings is 1. The average molecular weight is 320 g/mol.